The Morgan fingerprint density at radius 2 is 1.63 bits per heavy atom. The van der Waals surface area contributed by atoms with Crippen LogP contribution in [0.5, 0.6) is 0 Å². The molecule has 6 heteroatoms. The van der Waals surface area contributed by atoms with E-state index in [0.717, 1.165) is 51.9 Å². The highest BCUT2D eigenvalue weighted by Crippen LogP contribution is 2.34. The second-order valence-electron chi connectivity index (χ2n) is 13.2. The van der Waals surface area contributed by atoms with Crippen LogP contribution in [0.25, 0.3) is 0 Å². The van der Waals surface area contributed by atoms with Crippen LogP contribution in [0.15, 0.2) is 66.7 Å². The molecule has 6 rings (SSSR count). The van der Waals surface area contributed by atoms with Gasteiger partial charge in [-0.3, -0.25) is 9.48 Å². The largest absolute Gasteiger partial charge is 0.480 e. The standard InChI is InChI=1S/C31H46N4O2.C6H6/c1-3-35-30(20-28(33-35)17-24-9-7-22(2)8-10-24)26-13-15-34(16-14-26)21-25-11-12-27(18-25)32-29(31(36)37)19-23-5-4-6-23;1-2-4-6-5-3-1/h7-10,20,23,25-27,29,32H,3-6,11-19,21H2,1-2H3,(H,36,37);1-6H. The van der Waals surface area contributed by atoms with Gasteiger partial charge in [-0.1, -0.05) is 85.5 Å². The van der Waals surface area contributed by atoms with Crippen LogP contribution in [-0.4, -0.2) is 57.5 Å². The fourth-order valence-corrected chi connectivity index (χ4v) is 7.21. The third-order valence-electron chi connectivity index (χ3n) is 9.93. The predicted octanol–water partition coefficient (Wildman–Crippen LogP) is 7.07. The summed E-state index contributed by atoms with van der Waals surface area (Å²) in [4.78, 5) is 14.4. The number of aliphatic carboxylic acids is 1. The van der Waals surface area contributed by atoms with E-state index >= 15 is 0 Å². The zero-order chi connectivity index (χ0) is 30.0. The number of aromatic nitrogens is 2. The number of carboxylic acids is 1. The lowest BCUT2D eigenvalue weighted by atomic mass is 9.80. The molecule has 3 aliphatic rings. The monoisotopic (exact) mass is 584 g/mol. The van der Waals surface area contributed by atoms with Gasteiger partial charge in [0.15, 0.2) is 0 Å². The van der Waals surface area contributed by atoms with E-state index in [1.807, 2.05) is 36.4 Å². The molecule has 232 valence electrons. The molecule has 1 aromatic heterocycles. The molecule has 0 bridgehead atoms. The third-order valence-corrected chi connectivity index (χ3v) is 9.93. The van der Waals surface area contributed by atoms with Gasteiger partial charge in [0.05, 0.1) is 5.69 Å². The molecule has 2 saturated carbocycles. The first kappa shape index (κ1) is 31.5. The molecule has 2 heterocycles. The molecule has 0 radical (unpaired) electrons. The predicted molar refractivity (Wildman–Crippen MR) is 174 cm³/mol. The summed E-state index contributed by atoms with van der Waals surface area (Å²) in [5, 5.41) is 18.2. The van der Waals surface area contributed by atoms with Gasteiger partial charge in [-0.05, 0) is 88.9 Å². The molecule has 3 aromatic rings. The van der Waals surface area contributed by atoms with Crippen molar-refractivity contribution in [1.29, 1.82) is 0 Å². The lowest BCUT2D eigenvalue weighted by Gasteiger charge is -2.34. The quantitative estimate of drug-likeness (QED) is 0.252. The van der Waals surface area contributed by atoms with E-state index in [4.69, 9.17) is 5.10 Å². The second kappa shape index (κ2) is 15.7. The SMILES string of the molecule is CCn1nc(Cc2ccc(C)cc2)cc1C1CCN(CC2CCC(NC(CC3CCC3)C(=O)O)C2)CC1.c1ccccc1. The molecule has 1 saturated heterocycles. The number of nitrogens with zero attached hydrogens (tertiary/aromatic N) is 3. The van der Waals surface area contributed by atoms with Gasteiger partial charge in [-0.2, -0.15) is 5.10 Å². The first-order valence-electron chi connectivity index (χ1n) is 16.8. The molecular weight excluding hydrogens is 532 g/mol. The van der Waals surface area contributed by atoms with Crippen LogP contribution in [0.2, 0.25) is 0 Å². The van der Waals surface area contributed by atoms with Crippen molar-refractivity contribution in [2.75, 3.05) is 19.6 Å². The average molecular weight is 585 g/mol. The van der Waals surface area contributed by atoms with Crippen molar-refractivity contribution in [2.45, 2.75) is 103 Å². The van der Waals surface area contributed by atoms with Crippen molar-refractivity contribution in [2.24, 2.45) is 11.8 Å². The van der Waals surface area contributed by atoms with Gasteiger partial charge in [0, 0.05) is 37.2 Å². The maximum atomic E-state index is 11.8. The fraction of sp³-hybridized carbons (Fsp3) is 0.568. The Morgan fingerprint density at radius 3 is 2.21 bits per heavy atom. The summed E-state index contributed by atoms with van der Waals surface area (Å²) in [6, 6.07) is 23.2. The summed E-state index contributed by atoms with van der Waals surface area (Å²) in [5.41, 5.74) is 5.23. The Kier molecular flexibility index (Phi) is 11.5. The average Bonchev–Trinajstić information content (AvgIpc) is 3.63. The molecule has 43 heavy (non-hydrogen) atoms. The van der Waals surface area contributed by atoms with Crippen molar-refractivity contribution in [3.8, 4) is 0 Å². The number of hydrogen-bond donors (Lipinski definition) is 2. The van der Waals surface area contributed by atoms with Crippen LogP contribution in [0.1, 0.15) is 93.1 Å². The van der Waals surface area contributed by atoms with Crippen LogP contribution < -0.4 is 5.32 Å². The Bertz CT molecular complexity index is 1220. The molecule has 2 aromatic carbocycles. The van der Waals surface area contributed by atoms with Crippen LogP contribution in [0, 0.1) is 18.8 Å². The molecule has 0 amide bonds. The second-order valence-corrected chi connectivity index (χ2v) is 13.2. The van der Waals surface area contributed by atoms with Gasteiger partial charge in [-0.25, -0.2) is 0 Å². The van der Waals surface area contributed by atoms with Gasteiger partial charge in [0.2, 0.25) is 0 Å². The van der Waals surface area contributed by atoms with Crippen LogP contribution in [0.4, 0.5) is 0 Å². The van der Waals surface area contributed by atoms with E-state index in [1.54, 1.807) is 0 Å². The van der Waals surface area contributed by atoms with E-state index < -0.39 is 5.97 Å². The number of rotatable bonds is 11. The van der Waals surface area contributed by atoms with Gasteiger partial charge in [0.25, 0.3) is 0 Å². The van der Waals surface area contributed by atoms with E-state index in [9.17, 15) is 9.90 Å². The van der Waals surface area contributed by atoms with Gasteiger partial charge in [-0.15, -0.1) is 0 Å². The van der Waals surface area contributed by atoms with Crippen molar-refractivity contribution < 1.29 is 9.90 Å². The molecule has 3 unspecified atom stereocenters. The molecule has 3 fully saturated rings. The normalized spacial score (nSPS) is 22.0. The van der Waals surface area contributed by atoms with E-state index in [1.165, 1.54) is 61.0 Å². The van der Waals surface area contributed by atoms with E-state index in [2.05, 4.69) is 59.1 Å². The summed E-state index contributed by atoms with van der Waals surface area (Å²) >= 11 is 0. The lowest BCUT2D eigenvalue weighted by molar-refractivity contribution is -0.140. The highest BCUT2D eigenvalue weighted by molar-refractivity contribution is 5.73. The molecule has 6 nitrogen and oxygen atoms in total. The van der Waals surface area contributed by atoms with Crippen LogP contribution >= 0.6 is 0 Å². The molecule has 0 spiro atoms. The molecule has 3 atom stereocenters. The lowest BCUT2D eigenvalue weighted by Crippen LogP contribution is -2.44. The number of benzene rings is 2. The van der Waals surface area contributed by atoms with E-state index in [-0.39, 0.29) is 6.04 Å². The zero-order valence-corrected chi connectivity index (χ0v) is 26.3. The summed E-state index contributed by atoms with van der Waals surface area (Å²) in [6.07, 6.45) is 11.3. The number of carbonyl (C=O) groups is 1. The molecule has 2 aliphatic carbocycles. The number of piperidine rings is 1. The molecule has 1 aliphatic heterocycles. The van der Waals surface area contributed by atoms with Crippen molar-refractivity contribution in [1.82, 2.24) is 20.0 Å². The first-order valence-corrected chi connectivity index (χ1v) is 16.8. The summed E-state index contributed by atoms with van der Waals surface area (Å²) < 4.78 is 2.24. The van der Waals surface area contributed by atoms with Crippen LogP contribution in [-0.2, 0) is 17.8 Å². The van der Waals surface area contributed by atoms with E-state index in [0.29, 0.717) is 23.8 Å². The van der Waals surface area contributed by atoms with Gasteiger partial charge < -0.3 is 15.3 Å². The minimum atomic E-state index is -0.661. The van der Waals surface area contributed by atoms with Gasteiger partial charge >= 0.3 is 5.97 Å². The first-order chi connectivity index (χ1) is 21.0. The maximum absolute atomic E-state index is 11.8. The Labute approximate surface area is 258 Å². The number of hydrogen-bond acceptors (Lipinski definition) is 4. The van der Waals surface area contributed by atoms with Gasteiger partial charge in [0.1, 0.15) is 6.04 Å². The molecular formula is C37H52N4O2. The number of aryl methyl sites for hydroxylation is 2. The summed E-state index contributed by atoms with van der Waals surface area (Å²) in [5.74, 6) is 1.24. The number of nitrogens with one attached hydrogen (secondary N) is 1. The maximum Gasteiger partial charge on any atom is 0.320 e. The third kappa shape index (κ3) is 9.26. The highest BCUT2D eigenvalue weighted by atomic mass is 16.4. The molecule has 2 N–H and O–H groups in total. The minimum Gasteiger partial charge on any atom is -0.480 e. The Morgan fingerprint density at radius 1 is 0.953 bits per heavy atom. The Balaban J connectivity index is 0.000000548. The minimum absolute atomic E-state index is 0.357. The van der Waals surface area contributed by atoms with Crippen molar-refractivity contribution in [3.05, 3.63) is 89.2 Å². The summed E-state index contributed by atoms with van der Waals surface area (Å²) in [7, 11) is 0. The van der Waals surface area contributed by atoms with Crippen LogP contribution in [0.3, 0.4) is 0 Å². The number of carboxylic acid groups (broad SMARTS) is 1. The number of likely N-dealkylation sites (tertiary alicyclic amines) is 1. The smallest absolute Gasteiger partial charge is 0.320 e. The Hall–Kier alpha value is -2.96. The topological polar surface area (TPSA) is 70.4 Å². The highest BCUT2D eigenvalue weighted by Gasteiger charge is 2.33. The van der Waals surface area contributed by atoms with Crippen molar-refractivity contribution in [3.63, 3.8) is 0 Å². The zero-order valence-electron chi connectivity index (χ0n) is 26.3. The van der Waals surface area contributed by atoms with Crippen molar-refractivity contribution >= 4 is 5.97 Å². The summed E-state index contributed by atoms with van der Waals surface area (Å²) in [6.45, 7) is 8.73. The fourth-order valence-electron chi connectivity index (χ4n) is 7.21.